The number of allylic oxidation sites excluding steroid dienone is 2. The molecule has 0 radical (unpaired) electrons. The molecule has 1 fully saturated rings. The summed E-state index contributed by atoms with van der Waals surface area (Å²) in [6, 6.07) is 36.5. The van der Waals surface area contributed by atoms with E-state index < -0.39 is 44.2 Å². The molecule has 2 unspecified atom stereocenters. The third-order valence-corrected chi connectivity index (χ3v) is 38.9. The Bertz CT molecular complexity index is 1760. The summed E-state index contributed by atoms with van der Waals surface area (Å²) >= 11 is -3.06. The molecule has 236 valence electrons. The second-order valence-corrected chi connectivity index (χ2v) is 49.1. The van der Waals surface area contributed by atoms with Crippen molar-refractivity contribution >= 4 is 46.7 Å². The van der Waals surface area contributed by atoms with Gasteiger partial charge in [-0.1, -0.05) is 0 Å². The molecule has 46 heavy (non-hydrogen) atoms. The average Bonchev–Trinajstić information content (AvgIpc) is 3.62. The molecule has 1 aliphatic heterocycles. The van der Waals surface area contributed by atoms with Gasteiger partial charge in [0.15, 0.2) is 0 Å². The van der Waals surface area contributed by atoms with Crippen molar-refractivity contribution < 1.29 is 20.0 Å². The summed E-state index contributed by atoms with van der Waals surface area (Å²) in [7, 11) is -4.56. The van der Waals surface area contributed by atoms with E-state index >= 15 is 0 Å². The molecule has 1 heterocycles. The predicted molar refractivity (Wildman–Crippen MR) is 210 cm³/mol. The summed E-state index contributed by atoms with van der Waals surface area (Å²) in [5.74, 6) is 0. The van der Waals surface area contributed by atoms with Crippen LogP contribution in [0.3, 0.4) is 0 Å². The van der Waals surface area contributed by atoms with Crippen LogP contribution >= 0.6 is 0 Å². The van der Waals surface area contributed by atoms with Gasteiger partial charge >= 0.3 is 288 Å². The van der Waals surface area contributed by atoms with E-state index in [1.165, 1.54) is 34.3 Å². The van der Waals surface area contributed by atoms with Gasteiger partial charge in [-0.15, -0.1) is 0 Å². The summed E-state index contributed by atoms with van der Waals surface area (Å²) in [5, 5.41) is 6.87. The van der Waals surface area contributed by atoms with Crippen LogP contribution in [0, 0.1) is 0 Å². The maximum absolute atomic E-state index is 3.06. The molecule has 0 spiro atoms. The average molecular weight is 820 g/mol. The number of rotatable bonds is 6. The van der Waals surface area contributed by atoms with Crippen molar-refractivity contribution in [3.05, 3.63) is 118 Å². The van der Waals surface area contributed by atoms with E-state index in [0.717, 1.165) is 0 Å². The molecule has 7 rings (SSSR count). The molecule has 0 nitrogen and oxygen atoms in total. The predicted octanol–water partition coefficient (Wildman–Crippen LogP) is 11.5. The van der Waals surface area contributed by atoms with Crippen LogP contribution in [-0.4, -0.2) is 24.2 Å². The first kappa shape index (κ1) is 32.4. The van der Waals surface area contributed by atoms with Crippen LogP contribution in [0.2, 0.25) is 60.7 Å². The monoisotopic (exact) mass is 820 g/mol. The summed E-state index contributed by atoms with van der Waals surface area (Å²) < 4.78 is 6.98. The van der Waals surface area contributed by atoms with Crippen LogP contribution in [0.25, 0.3) is 34.4 Å². The van der Waals surface area contributed by atoms with Crippen molar-refractivity contribution in [1.82, 2.24) is 0 Å². The number of benzene rings is 4. The van der Waals surface area contributed by atoms with Gasteiger partial charge in [-0.3, -0.25) is 0 Å². The first-order valence-corrected chi connectivity index (χ1v) is 38.4. The standard InChI is InChI=1S/C40H46Si3.2CH3.Hf/c1-9-43(10-2,35-25-31-13-11-15-37(39(31)27-35)29-17-21-33(22-18-29)41(3,4)5)36-26-32-14-12-16-38(40(32)28-36)30-19-23-34(24-20-30)42(6,7)8;;;/h11-28H,9-10H2,1-8H3;2*1H3;. The Hall–Kier alpha value is -2.12. The topological polar surface area (TPSA) is 0 Å². The third kappa shape index (κ3) is 4.87. The van der Waals surface area contributed by atoms with E-state index in [1.807, 2.05) is 10.4 Å². The minimum absolute atomic E-state index is 0.683. The van der Waals surface area contributed by atoms with E-state index in [1.54, 1.807) is 32.6 Å². The Balaban J connectivity index is 1.39. The van der Waals surface area contributed by atoms with Crippen molar-refractivity contribution in [2.75, 3.05) is 0 Å². The molecular formula is C42H52HfSi3. The van der Waals surface area contributed by atoms with Crippen LogP contribution < -0.4 is 10.4 Å². The molecule has 2 atom stereocenters. The van der Waals surface area contributed by atoms with E-state index in [4.69, 9.17) is 0 Å². The molecule has 0 N–H and O–H groups in total. The van der Waals surface area contributed by atoms with Gasteiger partial charge in [-0.05, 0) is 0 Å². The Morgan fingerprint density at radius 1 is 0.543 bits per heavy atom. The Kier molecular flexibility index (Phi) is 7.91. The third-order valence-electron chi connectivity index (χ3n) is 12.0. The van der Waals surface area contributed by atoms with Crippen molar-refractivity contribution in [1.29, 1.82) is 0 Å². The first-order chi connectivity index (χ1) is 21.7. The number of hydrogen-bond acceptors (Lipinski definition) is 0. The van der Waals surface area contributed by atoms with Gasteiger partial charge in [0.2, 0.25) is 0 Å². The molecule has 0 bridgehead atoms. The van der Waals surface area contributed by atoms with E-state index in [2.05, 4.69) is 160 Å². The second kappa shape index (κ2) is 11.2. The number of fused-ring (bicyclic) bond motifs is 6. The zero-order chi connectivity index (χ0) is 32.8. The fourth-order valence-corrected chi connectivity index (χ4v) is 43.7. The van der Waals surface area contributed by atoms with Crippen molar-refractivity contribution in [2.24, 2.45) is 0 Å². The molecule has 0 aromatic heterocycles. The molecule has 0 saturated carbocycles. The van der Waals surface area contributed by atoms with E-state index in [0.29, 0.717) is 7.35 Å². The van der Waals surface area contributed by atoms with Crippen molar-refractivity contribution in [3.63, 3.8) is 0 Å². The summed E-state index contributed by atoms with van der Waals surface area (Å²) in [4.78, 5) is 0. The van der Waals surface area contributed by atoms with Crippen LogP contribution in [0.5, 0.6) is 0 Å². The van der Waals surface area contributed by atoms with Gasteiger partial charge in [-0.25, -0.2) is 0 Å². The number of hydrogen-bond donors (Lipinski definition) is 0. The Labute approximate surface area is 286 Å². The van der Waals surface area contributed by atoms with Crippen LogP contribution in [0.4, 0.5) is 0 Å². The van der Waals surface area contributed by atoms with Crippen molar-refractivity contribution in [3.8, 4) is 22.3 Å². The zero-order valence-corrected chi connectivity index (χ0v) is 36.4. The van der Waals surface area contributed by atoms with Gasteiger partial charge in [0.05, 0.1) is 0 Å². The fourth-order valence-electron chi connectivity index (χ4n) is 9.44. The zero-order valence-electron chi connectivity index (χ0n) is 29.8. The molecule has 0 amide bonds. The fraction of sp³-hybridized carbons (Fsp3) is 0.333. The van der Waals surface area contributed by atoms with Gasteiger partial charge < -0.3 is 0 Å². The molecule has 1 saturated heterocycles. The SMILES string of the molecule is CC[Si]1(CC)C2=Cc3c(-c4ccc([Si](C)(C)C)cc4)cccc3[CH]2[Hf]([CH3])([CH3])[CH]2C1=Cc1c(-c3ccc([Si](C)(C)C)cc3)cccc12. The van der Waals surface area contributed by atoms with Crippen LogP contribution in [-0.2, 0) is 20.0 Å². The molecule has 3 aliphatic rings. The van der Waals surface area contributed by atoms with Gasteiger partial charge in [0.25, 0.3) is 0 Å². The quantitative estimate of drug-likeness (QED) is 0.170. The first-order valence-electron chi connectivity index (χ1n) is 17.6. The van der Waals surface area contributed by atoms with E-state index in [-0.39, 0.29) is 0 Å². The Morgan fingerprint density at radius 2 is 0.913 bits per heavy atom. The summed E-state index contributed by atoms with van der Waals surface area (Å²) in [6.07, 6.45) is 5.53. The van der Waals surface area contributed by atoms with Crippen LogP contribution in [0.1, 0.15) is 43.5 Å². The molecule has 4 aromatic carbocycles. The molecule has 2 aliphatic carbocycles. The van der Waals surface area contributed by atoms with Crippen molar-refractivity contribution in [2.45, 2.75) is 81.9 Å². The van der Waals surface area contributed by atoms with Gasteiger partial charge in [0, 0.05) is 0 Å². The van der Waals surface area contributed by atoms with E-state index in [9.17, 15) is 0 Å². The maximum atomic E-state index is 2.81. The van der Waals surface area contributed by atoms with Gasteiger partial charge in [-0.2, -0.15) is 0 Å². The molecule has 4 aromatic rings. The van der Waals surface area contributed by atoms with Crippen LogP contribution in [0.15, 0.2) is 95.3 Å². The molecule has 4 heteroatoms. The van der Waals surface area contributed by atoms with Gasteiger partial charge in [0.1, 0.15) is 0 Å². The molecular weight excluding hydrogens is 767 g/mol. The minimum atomic E-state index is -3.06. The second-order valence-electron chi connectivity index (χ2n) is 16.9. The normalized spacial score (nSPS) is 20.7. The summed E-state index contributed by atoms with van der Waals surface area (Å²) in [6.45, 7) is 19.7. The Morgan fingerprint density at radius 3 is 1.24 bits per heavy atom. The summed E-state index contributed by atoms with van der Waals surface area (Å²) in [5.41, 5.74) is 12.1.